The SMILES string of the molecule is O=[C]C1CCN(c2ccccc2)C1. The molecule has 1 fully saturated rings. The number of para-hydroxylation sites is 1. The Labute approximate surface area is 78.2 Å². The zero-order chi connectivity index (χ0) is 9.10. The van der Waals surface area contributed by atoms with Gasteiger partial charge in [0.05, 0.1) is 0 Å². The smallest absolute Gasteiger partial charge is 0.203 e. The molecule has 0 saturated carbocycles. The van der Waals surface area contributed by atoms with Crippen molar-refractivity contribution in [3.05, 3.63) is 30.3 Å². The first-order chi connectivity index (χ1) is 6.40. The van der Waals surface area contributed by atoms with Crippen LogP contribution in [0.2, 0.25) is 0 Å². The first kappa shape index (κ1) is 8.30. The number of hydrogen-bond acceptors (Lipinski definition) is 2. The Bertz CT molecular complexity index is 283. The van der Waals surface area contributed by atoms with Crippen molar-refractivity contribution in [3.63, 3.8) is 0 Å². The summed E-state index contributed by atoms with van der Waals surface area (Å²) < 4.78 is 0. The van der Waals surface area contributed by atoms with Gasteiger partial charge in [0.15, 0.2) is 0 Å². The van der Waals surface area contributed by atoms with Crippen LogP contribution < -0.4 is 4.90 Å². The fourth-order valence-corrected chi connectivity index (χ4v) is 1.73. The van der Waals surface area contributed by atoms with E-state index in [1.807, 2.05) is 18.2 Å². The molecule has 1 heterocycles. The molecule has 0 spiro atoms. The van der Waals surface area contributed by atoms with Crippen molar-refractivity contribution in [1.82, 2.24) is 0 Å². The Morgan fingerprint density at radius 2 is 2.08 bits per heavy atom. The third-order valence-corrected chi connectivity index (χ3v) is 2.48. The van der Waals surface area contributed by atoms with Gasteiger partial charge >= 0.3 is 0 Å². The monoisotopic (exact) mass is 174 g/mol. The first-order valence-electron chi connectivity index (χ1n) is 4.58. The third kappa shape index (κ3) is 1.72. The Morgan fingerprint density at radius 3 is 2.69 bits per heavy atom. The van der Waals surface area contributed by atoms with Gasteiger partial charge in [-0.25, -0.2) is 0 Å². The molecule has 1 aliphatic heterocycles. The van der Waals surface area contributed by atoms with Crippen molar-refractivity contribution in [3.8, 4) is 0 Å². The Balaban J connectivity index is 2.08. The van der Waals surface area contributed by atoms with E-state index in [0.717, 1.165) is 19.5 Å². The van der Waals surface area contributed by atoms with Crippen LogP contribution in [0.15, 0.2) is 30.3 Å². The maximum Gasteiger partial charge on any atom is 0.203 e. The summed E-state index contributed by atoms with van der Waals surface area (Å²) >= 11 is 0. The lowest BCUT2D eigenvalue weighted by Crippen LogP contribution is -2.19. The average molecular weight is 174 g/mol. The van der Waals surface area contributed by atoms with Crippen LogP contribution in [-0.2, 0) is 4.79 Å². The van der Waals surface area contributed by atoms with Gasteiger partial charge in [-0.1, -0.05) is 18.2 Å². The van der Waals surface area contributed by atoms with E-state index < -0.39 is 0 Å². The van der Waals surface area contributed by atoms with Gasteiger partial charge in [-0.15, -0.1) is 0 Å². The van der Waals surface area contributed by atoms with Crippen LogP contribution in [0, 0.1) is 5.92 Å². The van der Waals surface area contributed by atoms with Gasteiger partial charge in [-0.05, 0) is 18.6 Å². The lowest BCUT2D eigenvalue weighted by molar-refractivity contribution is 0.530. The van der Waals surface area contributed by atoms with Crippen LogP contribution in [0.3, 0.4) is 0 Å². The topological polar surface area (TPSA) is 20.3 Å². The van der Waals surface area contributed by atoms with Crippen LogP contribution in [0.5, 0.6) is 0 Å². The molecule has 1 atom stereocenters. The molecule has 1 aliphatic rings. The van der Waals surface area contributed by atoms with Crippen molar-refractivity contribution >= 4 is 12.0 Å². The van der Waals surface area contributed by atoms with Gasteiger partial charge in [0.2, 0.25) is 6.29 Å². The van der Waals surface area contributed by atoms with Crippen LogP contribution in [0.1, 0.15) is 6.42 Å². The summed E-state index contributed by atoms with van der Waals surface area (Å²) in [7, 11) is 0. The second-order valence-corrected chi connectivity index (χ2v) is 3.39. The Morgan fingerprint density at radius 1 is 1.31 bits per heavy atom. The molecule has 13 heavy (non-hydrogen) atoms. The minimum Gasteiger partial charge on any atom is -0.371 e. The number of anilines is 1. The van der Waals surface area contributed by atoms with E-state index in [2.05, 4.69) is 23.3 Å². The van der Waals surface area contributed by atoms with Crippen molar-refractivity contribution < 1.29 is 4.79 Å². The van der Waals surface area contributed by atoms with Crippen LogP contribution >= 0.6 is 0 Å². The summed E-state index contributed by atoms with van der Waals surface area (Å²) in [6, 6.07) is 10.2. The molecular formula is C11H12NO. The molecule has 2 heteroatoms. The first-order valence-corrected chi connectivity index (χ1v) is 4.58. The van der Waals surface area contributed by atoms with Crippen molar-refractivity contribution in [2.24, 2.45) is 5.92 Å². The summed E-state index contributed by atoms with van der Waals surface area (Å²) in [4.78, 5) is 12.7. The lowest BCUT2D eigenvalue weighted by Gasteiger charge is -2.17. The maximum atomic E-state index is 10.4. The second kappa shape index (κ2) is 3.60. The fourth-order valence-electron chi connectivity index (χ4n) is 1.73. The predicted molar refractivity (Wildman–Crippen MR) is 52.5 cm³/mol. The fraction of sp³-hybridized carbons (Fsp3) is 0.364. The van der Waals surface area contributed by atoms with Gasteiger partial charge in [0, 0.05) is 24.7 Å². The molecule has 0 aromatic heterocycles. The van der Waals surface area contributed by atoms with E-state index in [4.69, 9.17) is 0 Å². The number of nitrogens with zero attached hydrogens (tertiary/aromatic N) is 1. The molecule has 1 unspecified atom stereocenters. The standard InChI is InChI=1S/C11H12NO/c13-9-10-6-7-12(8-10)11-4-2-1-3-5-11/h1-5,10H,6-8H2. The van der Waals surface area contributed by atoms with Gasteiger partial charge < -0.3 is 4.90 Å². The number of benzene rings is 1. The molecule has 1 aromatic carbocycles. The van der Waals surface area contributed by atoms with Crippen LogP contribution in [0.25, 0.3) is 0 Å². The van der Waals surface area contributed by atoms with E-state index in [0.29, 0.717) is 0 Å². The molecule has 1 saturated heterocycles. The number of rotatable bonds is 2. The molecule has 2 rings (SSSR count). The van der Waals surface area contributed by atoms with E-state index in [1.165, 1.54) is 5.69 Å². The minimum atomic E-state index is 0.111. The maximum absolute atomic E-state index is 10.4. The van der Waals surface area contributed by atoms with E-state index >= 15 is 0 Å². The Hall–Kier alpha value is -1.31. The Kier molecular flexibility index (Phi) is 2.30. The summed E-state index contributed by atoms with van der Waals surface area (Å²) in [6.45, 7) is 1.80. The molecule has 1 radical (unpaired) electrons. The van der Waals surface area contributed by atoms with Crippen molar-refractivity contribution in [2.45, 2.75) is 6.42 Å². The second-order valence-electron chi connectivity index (χ2n) is 3.39. The highest BCUT2D eigenvalue weighted by Crippen LogP contribution is 2.21. The molecule has 67 valence electrons. The highest BCUT2D eigenvalue weighted by atomic mass is 16.1. The lowest BCUT2D eigenvalue weighted by atomic mass is 10.1. The number of hydrogen-bond donors (Lipinski definition) is 0. The van der Waals surface area contributed by atoms with Crippen molar-refractivity contribution in [2.75, 3.05) is 18.0 Å². The van der Waals surface area contributed by atoms with Gasteiger partial charge in [-0.2, -0.15) is 0 Å². The van der Waals surface area contributed by atoms with E-state index in [1.54, 1.807) is 0 Å². The highest BCUT2D eigenvalue weighted by molar-refractivity contribution is 5.59. The average Bonchev–Trinajstić information content (AvgIpc) is 2.67. The summed E-state index contributed by atoms with van der Waals surface area (Å²) in [5.74, 6) is 0.111. The molecule has 0 aliphatic carbocycles. The predicted octanol–water partition coefficient (Wildman–Crippen LogP) is 1.62. The molecular weight excluding hydrogens is 162 g/mol. The molecule has 0 N–H and O–H groups in total. The van der Waals surface area contributed by atoms with Crippen LogP contribution in [0.4, 0.5) is 5.69 Å². The zero-order valence-corrected chi connectivity index (χ0v) is 7.44. The highest BCUT2D eigenvalue weighted by Gasteiger charge is 2.22. The van der Waals surface area contributed by atoms with Gasteiger partial charge in [0.25, 0.3) is 0 Å². The minimum absolute atomic E-state index is 0.111. The summed E-state index contributed by atoms with van der Waals surface area (Å²) in [5.41, 5.74) is 1.21. The van der Waals surface area contributed by atoms with Crippen LogP contribution in [-0.4, -0.2) is 19.4 Å². The molecule has 2 nitrogen and oxygen atoms in total. The molecule has 0 amide bonds. The zero-order valence-electron chi connectivity index (χ0n) is 7.44. The molecule has 1 aromatic rings. The third-order valence-electron chi connectivity index (χ3n) is 2.48. The quantitative estimate of drug-likeness (QED) is 0.679. The van der Waals surface area contributed by atoms with Crippen molar-refractivity contribution in [1.29, 1.82) is 0 Å². The number of carbonyl (C=O) groups excluding carboxylic acids is 1. The van der Waals surface area contributed by atoms with Gasteiger partial charge in [0.1, 0.15) is 0 Å². The summed E-state index contributed by atoms with van der Waals surface area (Å²) in [6.07, 6.45) is 3.01. The van der Waals surface area contributed by atoms with Gasteiger partial charge in [-0.3, -0.25) is 4.79 Å². The largest absolute Gasteiger partial charge is 0.371 e. The van der Waals surface area contributed by atoms with E-state index in [-0.39, 0.29) is 5.92 Å². The normalized spacial score (nSPS) is 21.8. The van der Waals surface area contributed by atoms with E-state index in [9.17, 15) is 4.79 Å². The molecule has 0 bridgehead atoms. The summed E-state index contributed by atoms with van der Waals surface area (Å²) in [5, 5.41) is 0.